The van der Waals surface area contributed by atoms with Crippen LogP contribution in [0.4, 0.5) is 0 Å². The smallest absolute Gasteiger partial charge is 0.171 e. The lowest BCUT2D eigenvalue weighted by atomic mass is 10.00. The van der Waals surface area contributed by atoms with Gasteiger partial charge in [0, 0.05) is 11.3 Å². The topological polar surface area (TPSA) is 42.5 Å². The molecule has 1 aliphatic rings. The average Bonchev–Trinajstić information content (AvgIpc) is 2.61. The third-order valence-corrected chi connectivity index (χ3v) is 4.22. The molecule has 2 N–H and O–H groups in total. The average molecular weight is 340 g/mol. The molecule has 2 aromatic carbocycles. The number of methoxy groups -OCH3 is 2. The van der Waals surface area contributed by atoms with Crippen molar-refractivity contribution in [3.05, 3.63) is 65.2 Å². The molecule has 0 bridgehead atoms. The van der Waals surface area contributed by atoms with Gasteiger partial charge < -0.3 is 20.1 Å². The summed E-state index contributed by atoms with van der Waals surface area (Å²) in [6, 6.07) is 14.0. The molecule has 1 heterocycles. The largest absolute Gasteiger partial charge is 0.497 e. The summed E-state index contributed by atoms with van der Waals surface area (Å²) in [7, 11) is 3.31. The summed E-state index contributed by atoms with van der Waals surface area (Å²) < 4.78 is 10.8. The predicted molar refractivity (Wildman–Crippen MR) is 100 cm³/mol. The van der Waals surface area contributed by atoms with Gasteiger partial charge in [-0.2, -0.15) is 0 Å². The van der Waals surface area contributed by atoms with Gasteiger partial charge in [-0.05, 0) is 49.0 Å². The molecular weight excluding hydrogens is 320 g/mol. The standard InChI is InChI=1S/C19H20N2O2S/c1-12-4-6-13(7-5-12)16-11-17(21-19(24)20-16)15-10-14(22-2)8-9-18(15)23-3/h4-11,17H,1-3H3,(H2,20,21,24)/t17-/m1/s1. The summed E-state index contributed by atoms with van der Waals surface area (Å²) in [4.78, 5) is 0. The molecule has 4 nitrogen and oxygen atoms in total. The van der Waals surface area contributed by atoms with Crippen molar-refractivity contribution in [1.29, 1.82) is 0 Å². The molecule has 0 unspecified atom stereocenters. The Morgan fingerprint density at radius 1 is 1.00 bits per heavy atom. The van der Waals surface area contributed by atoms with Gasteiger partial charge in [0.25, 0.3) is 0 Å². The maximum Gasteiger partial charge on any atom is 0.171 e. The van der Waals surface area contributed by atoms with Gasteiger partial charge in [0.05, 0.1) is 20.3 Å². The van der Waals surface area contributed by atoms with E-state index in [9.17, 15) is 0 Å². The highest BCUT2D eigenvalue weighted by Crippen LogP contribution is 2.32. The van der Waals surface area contributed by atoms with Crippen LogP contribution in [0.5, 0.6) is 11.5 Å². The van der Waals surface area contributed by atoms with Crippen molar-refractivity contribution < 1.29 is 9.47 Å². The number of ether oxygens (including phenoxy) is 2. The van der Waals surface area contributed by atoms with Crippen molar-refractivity contribution in [1.82, 2.24) is 10.6 Å². The zero-order valence-electron chi connectivity index (χ0n) is 13.9. The first-order valence-electron chi connectivity index (χ1n) is 7.69. The van der Waals surface area contributed by atoms with E-state index in [1.54, 1.807) is 14.2 Å². The highest BCUT2D eigenvalue weighted by atomic mass is 32.1. The Morgan fingerprint density at radius 3 is 2.42 bits per heavy atom. The van der Waals surface area contributed by atoms with Crippen LogP contribution in [-0.2, 0) is 0 Å². The van der Waals surface area contributed by atoms with Gasteiger partial charge in [-0.15, -0.1) is 0 Å². The molecule has 0 fully saturated rings. The number of benzene rings is 2. The normalized spacial score (nSPS) is 16.7. The molecule has 24 heavy (non-hydrogen) atoms. The van der Waals surface area contributed by atoms with E-state index in [1.807, 2.05) is 18.2 Å². The Balaban J connectivity index is 2.02. The number of rotatable bonds is 4. The van der Waals surface area contributed by atoms with Gasteiger partial charge in [-0.3, -0.25) is 0 Å². The molecule has 0 aliphatic carbocycles. The highest BCUT2D eigenvalue weighted by Gasteiger charge is 2.22. The number of hydrogen-bond donors (Lipinski definition) is 2. The SMILES string of the molecule is COc1ccc(OC)c([C@H]2C=C(c3ccc(C)cc3)NC(=S)N2)c1. The molecule has 0 spiro atoms. The minimum absolute atomic E-state index is 0.0971. The fourth-order valence-electron chi connectivity index (χ4n) is 2.70. The molecule has 124 valence electrons. The Morgan fingerprint density at radius 2 is 1.75 bits per heavy atom. The van der Waals surface area contributed by atoms with E-state index < -0.39 is 0 Å². The van der Waals surface area contributed by atoms with E-state index in [1.165, 1.54) is 5.56 Å². The lowest BCUT2D eigenvalue weighted by Crippen LogP contribution is -2.40. The number of hydrogen-bond acceptors (Lipinski definition) is 3. The van der Waals surface area contributed by atoms with Crippen molar-refractivity contribution in [3.8, 4) is 11.5 Å². The van der Waals surface area contributed by atoms with Crippen LogP contribution in [0, 0.1) is 6.92 Å². The van der Waals surface area contributed by atoms with Gasteiger partial charge in [0.15, 0.2) is 5.11 Å². The molecule has 0 radical (unpaired) electrons. The number of nitrogens with one attached hydrogen (secondary N) is 2. The van der Waals surface area contributed by atoms with E-state index in [2.05, 4.69) is 47.9 Å². The van der Waals surface area contributed by atoms with E-state index in [4.69, 9.17) is 21.7 Å². The summed E-state index contributed by atoms with van der Waals surface area (Å²) in [6.45, 7) is 2.07. The minimum atomic E-state index is -0.0971. The van der Waals surface area contributed by atoms with Crippen LogP contribution in [0.1, 0.15) is 22.7 Å². The Kier molecular flexibility index (Phi) is 4.71. The third-order valence-electron chi connectivity index (χ3n) is 4.00. The first-order chi connectivity index (χ1) is 11.6. The Bertz CT molecular complexity index is 784. The zero-order valence-corrected chi connectivity index (χ0v) is 14.7. The first kappa shape index (κ1) is 16.3. The summed E-state index contributed by atoms with van der Waals surface area (Å²) in [5, 5.41) is 7.09. The fourth-order valence-corrected chi connectivity index (χ4v) is 2.94. The highest BCUT2D eigenvalue weighted by molar-refractivity contribution is 7.80. The van der Waals surface area contributed by atoms with Gasteiger partial charge in [0.2, 0.25) is 0 Å². The maximum atomic E-state index is 5.50. The summed E-state index contributed by atoms with van der Waals surface area (Å²) in [5.74, 6) is 1.57. The summed E-state index contributed by atoms with van der Waals surface area (Å²) in [5.41, 5.74) is 4.28. The van der Waals surface area contributed by atoms with Gasteiger partial charge in [0.1, 0.15) is 11.5 Å². The van der Waals surface area contributed by atoms with Crippen LogP contribution in [0.3, 0.4) is 0 Å². The zero-order chi connectivity index (χ0) is 17.1. The molecular formula is C19H20N2O2S. The molecule has 0 saturated carbocycles. The van der Waals surface area contributed by atoms with Crippen molar-refractivity contribution >= 4 is 23.0 Å². The van der Waals surface area contributed by atoms with E-state index in [0.29, 0.717) is 5.11 Å². The molecule has 5 heteroatoms. The van der Waals surface area contributed by atoms with E-state index in [-0.39, 0.29) is 6.04 Å². The second-order valence-corrected chi connectivity index (χ2v) is 6.04. The second-order valence-electron chi connectivity index (χ2n) is 5.63. The lowest BCUT2D eigenvalue weighted by molar-refractivity contribution is 0.396. The van der Waals surface area contributed by atoms with Crippen LogP contribution >= 0.6 is 12.2 Å². The van der Waals surface area contributed by atoms with Crippen molar-refractivity contribution in [3.63, 3.8) is 0 Å². The van der Waals surface area contributed by atoms with Gasteiger partial charge >= 0.3 is 0 Å². The van der Waals surface area contributed by atoms with Crippen molar-refractivity contribution in [2.45, 2.75) is 13.0 Å². The number of thiocarbonyl (C=S) groups is 1. The van der Waals surface area contributed by atoms with Crippen LogP contribution < -0.4 is 20.1 Å². The Hall–Kier alpha value is -2.53. The van der Waals surface area contributed by atoms with Gasteiger partial charge in [-0.25, -0.2) is 0 Å². The van der Waals surface area contributed by atoms with E-state index >= 15 is 0 Å². The lowest BCUT2D eigenvalue weighted by Gasteiger charge is -2.27. The summed E-state index contributed by atoms with van der Waals surface area (Å²) in [6.07, 6.45) is 2.11. The fraction of sp³-hybridized carbons (Fsp3) is 0.211. The van der Waals surface area contributed by atoms with Crippen LogP contribution in [0.2, 0.25) is 0 Å². The number of aryl methyl sites for hydroxylation is 1. The van der Waals surface area contributed by atoms with E-state index in [0.717, 1.165) is 28.3 Å². The predicted octanol–water partition coefficient (Wildman–Crippen LogP) is 3.57. The monoisotopic (exact) mass is 340 g/mol. The molecule has 0 saturated heterocycles. The molecule has 1 atom stereocenters. The maximum absolute atomic E-state index is 5.50. The molecule has 2 aromatic rings. The van der Waals surface area contributed by atoms with Crippen LogP contribution in [0.25, 0.3) is 5.70 Å². The quantitative estimate of drug-likeness (QED) is 0.833. The Labute approximate surface area is 147 Å². The first-order valence-corrected chi connectivity index (χ1v) is 8.10. The van der Waals surface area contributed by atoms with Gasteiger partial charge in [-0.1, -0.05) is 29.8 Å². The molecule has 3 rings (SSSR count). The van der Waals surface area contributed by atoms with Crippen molar-refractivity contribution in [2.24, 2.45) is 0 Å². The summed E-state index contributed by atoms with van der Waals surface area (Å²) >= 11 is 5.39. The molecule has 1 aliphatic heterocycles. The minimum Gasteiger partial charge on any atom is -0.497 e. The van der Waals surface area contributed by atoms with Crippen LogP contribution in [0.15, 0.2) is 48.5 Å². The third kappa shape index (κ3) is 3.36. The second kappa shape index (κ2) is 6.93. The molecule has 0 amide bonds. The van der Waals surface area contributed by atoms with Crippen molar-refractivity contribution in [2.75, 3.05) is 14.2 Å². The van der Waals surface area contributed by atoms with Crippen LogP contribution in [-0.4, -0.2) is 19.3 Å². The molecule has 0 aromatic heterocycles.